The maximum atomic E-state index is 10.8. The van der Waals surface area contributed by atoms with Crippen molar-refractivity contribution in [1.29, 1.82) is 0 Å². The molecule has 2 saturated carbocycles. The Morgan fingerprint density at radius 3 is 2.54 bits per heavy atom. The van der Waals surface area contributed by atoms with E-state index in [4.69, 9.17) is 0 Å². The molecular weight excluding hydrogens is 296 g/mol. The van der Waals surface area contributed by atoms with Crippen LogP contribution < -0.4 is 0 Å². The summed E-state index contributed by atoms with van der Waals surface area (Å²) >= 11 is 0. The van der Waals surface area contributed by atoms with Crippen molar-refractivity contribution in [3.63, 3.8) is 0 Å². The SMILES string of the molecule is Cc1ccc2c(c1O)C1(C)CCC3C(C)(CO)CCCC3(C)C1C2. The first-order chi connectivity index (χ1) is 11.3. The number of hydrogen-bond donors (Lipinski definition) is 2. The second-order valence-electron chi connectivity index (χ2n) is 9.70. The van der Waals surface area contributed by atoms with Crippen LogP contribution in [-0.2, 0) is 11.8 Å². The van der Waals surface area contributed by atoms with E-state index in [0.717, 1.165) is 24.8 Å². The highest BCUT2D eigenvalue weighted by Gasteiger charge is 2.62. The van der Waals surface area contributed by atoms with Gasteiger partial charge in [-0.15, -0.1) is 0 Å². The molecule has 5 atom stereocenters. The molecule has 0 heterocycles. The van der Waals surface area contributed by atoms with Crippen LogP contribution in [0.2, 0.25) is 0 Å². The Balaban J connectivity index is 1.83. The highest BCUT2D eigenvalue weighted by Crippen LogP contribution is 2.68. The summed E-state index contributed by atoms with van der Waals surface area (Å²) < 4.78 is 0. The summed E-state index contributed by atoms with van der Waals surface area (Å²) in [4.78, 5) is 0. The van der Waals surface area contributed by atoms with Crippen molar-refractivity contribution in [2.75, 3.05) is 6.61 Å². The molecule has 0 spiro atoms. The first-order valence-electron chi connectivity index (χ1n) is 9.69. The molecule has 0 aromatic heterocycles. The number of aliphatic hydroxyl groups excluding tert-OH is 1. The summed E-state index contributed by atoms with van der Waals surface area (Å²) in [5.41, 5.74) is 4.03. The lowest BCUT2D eigenvalue weighted by Crippen LogP contribution is -2.56. The number of phenols is 1. The third kappa shape index (κ3) is 1.87. The molecule has 1 aromatic carbocycles. The number of rotatable bonds is 1. The summed E-state index contributed by atoms with van der Waals surface area (Å²) in [5.74, 6) is 1.72. The number of fused-ring (bicyclic) bond motifs is 5. The normalized spacial score (nSPS) is 43.9. The van der Waals surface area contributed by atoms with Crippen LogP contribution in [0.5, 0.6) is 5.75 Å². The van der Waals surface area contributed by atoms with Gasteiger partial charge in [0.1, 0.15) is 5.75 Å². The van der Waals surface area contributed by atoms with Crippen LogP contribution in [-0.4, -0.2) is 16.8 Å². The zero-order valence-corrected chi connectivity index (χ0v) is 15.7. The van der Waals surface area contributed by atoms with Gasteiger partial charge in [0.05, 0.1) is 0 Å². The summed E-state index contributed by atoms with van der Waals surface area (Å²) in [6, 6.07) is 4.33. The molecule has 24 heavy (non-hydrogen) atoms. The number of aromatic hydroxyl groups is 1. The summed E-state index contributed by atoms with van der Waals surface area (Å²) in [5, 5.41) is 20.9. The molecule has 5 unspecified atom stereocenters. The quantitative estimate of drug-likeness (QED) is 0.782. The van der Waals surface area contributed by atoms with Crippen molar-refractivity contribution in [3.05, 3.63) is 28.8 Å². The van der Waals surface area contributed by atoms with Crippen molar-refractivity contribution >= 4 is 0 Å². The third-order valence-corrected chi connectivity index (χ3v) is 8.44. The molecule has 2 heteroatoms. The van der Waals surface area contributed by atoms with Crippen LogP contribution in [0.15, 0.2) is 12.1 Å². The molecule has 0 bridgehead atoms. The van der Waals surface area contributed by atoms with Crippen molar-refractivity contribution in [1.82, 2.24) is 0 Å². The highest BCUT2D eigenvalue weighted by molar-refractivity contribution is 5.54. The van der Waals surface area contributed by atoms with Gasteiger partial charge in [-0.1, -0.05) is 39.3 Å². The standard InChI is InChI=1S/C22H32O2/c1-14-6-7-15-12-17-21(3)10-5-9-20(2,13-23)16(21)8-11-22(17,4)18(15)19(14)24/h6-7,16-17,23-24H,5,8-13H2,1-4H3. The van der Waals surface area contributed by atoms with E-state index in [1.807, 2.05) is 6.92 Å². The summed E-state index contributed by atoms with van der Waals surface area (Å²) in [6.45, 7) is 9.52. The van der Waals surface area contributed by atoms with E-state index in [-0.39, 0.29) is 16.2 Å². The fraction of sp³-hybridized carbons (Fsp3) is 0.727. The molecule has 1 aromatic rings. The van der Waals surface area contributed by atoms with E-state index in [2.05, 4.69) is 32.9 Å². The average Bonchev–Trinajstić information content (AvgIpc) is 2.85. The molecule has 4 rings (SSSR count). The first-order valence-corrected chi connectivity index (χ1v) is 9.69. The zero-order chi connectivity index (χ0) is 17.3. The molecule has 132 valence electrons. The van der Waals surface area contributed by atoms with E-state index in [1.54, 1.807) is 0 Å². The Hall–Kier alpha value is -1.02. The Morgan fingerprint density at radius 2 is 1.83 bits per heavy atom. The van der Waals surface area contributed by atoms with E-state index in [1.165, 1.54) is 30.4 Å². The van der Waals surface area contributed by atoms with E-state index >= 15 is 0 Å². The lowest BCUT2D eigenvalue weighted by atomic mass is 9.43. The van der Waals surface area contributed by atoms with Crippen LogP contribution in [0.3, 0.4) is 0 Å². The van der Waals surface area contributed by atoms with Crippen LogP contribution in [0.25, 0.3) is 0 Å². The molecule has 2 nitrogen and oxygen atoms in total. The third-order valence-electron chi connectivity index (χ3n) is 8.44. The van der Waals surface area contributed by atoms with Crippen LogP contribution in [0, 0.1) is 29.6 Å². The Labute approximate surface area is 146 Å². The molecule has 3 aliphatic carbocycles. The van der Waals surface area contributed by atoms with Gasteiger partial charge in [-0.3, -0.25) is 0 Å². The molecule has 3 aliphatic rings. The van der Waals surface area contributed by atoms with Gasteiger partial charge in [0.25, 0.3) is 0 Å². The number of aryl methyl sites for hydroxylation is 1. The predicted octanol–water partition coefficient (Wildman–Crippen LogP) is 4.73. The molecule has 2 fully saturated rings. The molecule has 0 saturated heterocycles. The zero-order valence-electron chi connectivity index (χ0n) is 15.7. The number of aliphatic hydroxyl groups is 1. The van der Waals surface area contributed by atoms with Gasteiger partial charge in [0, 0.05) is 17.6 Å². The predicted molar refractivity (Wildman–Crippen MR) is 97.3 cm³/mol. The Morgan fingerprint density at radius 1 is 1.08 bits per heavy atom. The first kappa shape index (κ1) is 16.4. The fourth-order valence-corrected chi connectivity index (χ4v) is 7.17. The number of phenolic OH excluding ortho intramolecular Hbond substituents is 1. The van der Waals surface area contributed by atoms with E-state index < -0.39 is 0 Å². The van der Waals surface area contributed by atoms with Gasteiger partial charge in [-0.2, -0.15) is 0 Å². The summed E-state index contributed by atoms with van der Waals surface area (Å²) in [6.07, 6.45) is 7.04. The van der Waals surface area contributed by atoms with Crippen LogP contribution in [0.1, 0.15) is 69.6 Å². The smallest absolute Gasteiger partial charge is 0.122 e. The second kappa shape index (κ2) is 5.00. The van der Waals surface area contributed by atoms with Crippen molar-refractivity contribution in [2.24, 2.45) is 22.7 Å². The van der Waals surface area contributed by atoms with Gasteiger partial charge in [0.15, 0.2) is 0 Å². The van der Waals surface area contributed by atoms with Gasteiger partial charge in [0.2, 0.25) is 0 Å². The monoisotopic (exact) mass is 328 g/mol. The number of hydrogen-bond acceptors (Lipinski definition) is 2. The van der Waals surface area contributed by atoms with Gasteiger partial charge in [-0.25, -0.2) is 0 Å². The number of benzene rings is 1. The largest absolute Gasteiger partial charge is 0.507 e. The molecule has 0 amide bonds. The van der Waals surface area contributed by atoms with Crippen molar-refractivity contribution in [2.45, 2.75) is 71.6 Å². The highest BCUT2D eigenvalue weighted by atomic mass is 16.3. The molecule has 2 N–H and O–H groups in total. The lowest BCUT2D eigenvalue weighted by molar-refractivity contribution is -0.121. The molecule has 0 aliphatic heterocycles. The van der Waals surface area contributed by atoms with Crippen molar-refractivity contribution in [3.8, 4) is 5.75 Å². The lowest BCUT2D eigenvalue weighted by Gasteiger charge is -2.61. The Bertz CT molecular complexity index is 681. The minimum Gasteiger partial charge on any atom is -0.507 e. The molecular formula is C22H32O2. The van der Waals surface area contributed by atoms with Crippen LogP contribution in [0.4, 0.5) is 0 Å². The second-order valence-corrected chi connectivity index (χ2v) is 9.70. The average molecular weight is 328 g/mol. The van der Waals surface area contributed by atoms with Crippen LogP contribution >= 0.6 is 0 Å². The summed E-state index contributed by atoms with van der Waals surface area (Å²) in [7, 11) is 0. The fourth-order valence-electron chi connectivity index (χ4n) is 7.17. The maximum Gasteiger partial charge on any atom is 0.122 e. The Kier molecular flexibility index (Phi) is 3.43. The van der Waals surface area contributed by atoms with Crippen molar-refractivity contribution < 1.29 is 10.2 Å². The topological polar surface area (TPSA) is 40.5 Å². The minimum absolute atomic E-state index is 0.0705. The van der Waals surface area contributed by atoms with Gasteiger partial charge < -0.3 is 10.2 Å². The van der Waals surface area contributed by atoms with E-state index in [9.17, 15) is 10.2 Å². The minimum atomic E-state index is 0.0705. The maximum absolute atomic E-state index is 10.8. The van der Waals surface area contributed by atoms with Gasteiger partial charge >= 0.3 is 0 Å². The van der Waals surface area contributed by atoms with E-state index in [0.29, 0.717) is 24.2 Å². The van der Waals surface area contributed by atoms with Gasteiger partial charge in [-0.05, 0) is 72.8 Å². The molecule has 0 radical (unpaired) electrons.